The van der Waals surface area contributed by atoms with Gasteiger partial charge >= 0.3 is 6.36 Å². The topological polar surface area (TPSA) is 24.5 Å². The molecule has 0 radical (unpaired) electrons. The Hall–Kier alpha value is -0.330. The van der Waals surface area contributed by atoms with E-state index in [4.69, 9.17) is 0 Å². The normalized spacial score (nSPS) is 30.7. The molecule has 6 heteroatoms. The molecule has 1 aliphatic heterocycles. The Morgan fingerprint density at radius 1 is 1.39 bits per heavy atom. The van der Waals surface area contributed by atoms with Gasteiger partial charge in [-0.1, -0.05) is 13.8 Å². The number of halogens is 3. The summed E-state index contributed by atoms with van der Waals surface area (Å²) < 4.78 is 39.8. The van der Waals surface area contributed by atoms with Crippen molar-refractivity contribution in [1.29, 1.82) is 0 Å². The lowest BCUT2D eigenvalue weighted by molar-refractivity contribution is -0.325. The SMILES string of the molecule is CCC1CN(CCOC(F)(F)F)C(C)(CC)CN1. The highest BCUT2D eigenvalue weighted by Gasteiger charge is 2.36. The van der Waals surface area contributed by atoms with Crippen LogP contribution >= 0.6 is 0 Å². The van der Waals surface area contributed by atoms with Crippen molar-refractivity contribution in [3.05, 3.63) is 0 Å². The zero-order valence-corrected chi connectivity index (χ0v) is 11.3. The first-order chi connectivity index (χ1) is 8.30. The number of nitrogens with one attached hydrogen (secondary N) is 1. The van der Waals surface area contributed by atoms with Crippen molar-refractivity contribution in [3.63, 3.8) is 0 Å². The van der Waals surface area contributed by atoms with Gasteiger partial charge in [0.25, 0.3) is 0 Å². The Bertz CT molecular complexity index is 260. The third kappa shape index (κ3) is 4.40. The molecule has 0 aliphatic carbocycles. The van der Waals surface area contributed by atoms with Gasteiger partial charge in [0.05, 0.1) is 6.61 Å². The summed E-state index contributed by atoms with van der Waals surface area (Å²) in [5.74, 6) is 0. The van der Waals surface area contributed by atoms with Crippen LogP contribution in [0.25, 0.3) is 0 Å². The van der Waals surface area contributed by atoms with Gasteiger partial charge in [0.15, 0.2) is 0 Å². The van der Waals surface area contributed by atoms with E-state index in [-0.39, 0.29) is 12.1 Å². The zero-order valence-electron chi connectivity index (χ0n) is 11.3. The molecule has 0 aromatic carbocycles. The van der Waals surface area contributed by atoms with Gasteiger partial charge < -0.3 is 5.32 Å². The van der Waals surface area contributed by atoms with Crippen molar-refractivity contribution < 1.29 is 17.9 Å². The first-order valence-electron chi connectivity index (χ1n) is 6.50. The first-order valence-corrected chi connectivity index (χ1v) is 6.50. The minimum Gasteiger partial charge on any atom is -0.311 e. The molecule has 0 spiro atoms. The summed E-state index contributed by atoms with van der Waals surface area (Å²) in [5, 5.41) is 3.44. The van der Waals surface area contributed by atoms with Crippen molar-refractivity contribution in [2.75, 3.05) is 26.2 Å². The van der Waals surface area contributed by atoms with E-state index in [1.54, 1.807) is 0 Å². The second-order valence-electron chi connectivity index (χ2n) is 5.08. The predicted octanol–water partition coefficient (Wildman–Crippen LogP) is 2.38. The van der Waals surface area contributed by atoms with E-state index in [9.17, 15) is 13.2 Å². The van der Waals surface area contributed by atoms with Gasteiger partial charge in [0, 0.05) is 31.2 Å². The fraction of sp³-hybridized carbons (Fsp3) is 1.00. The lowest BCUT2D eigenvalue weighted by Gasteiger charge is -2.47. The molecule has 0 bridgehead atoms. The van der Waals surface area contributed by atoms with Crippen molar-refractivity contribution in [1.82, 2.24) is 10.2 Å². The molecule has 3 nitrogen and oxygen atoms in total. The Morgan fingerprint density at radius 3 is 2.56 bits per heavy atom. The highest BCUT2D eigenvalue weighted by molar-refractivity contribution is 4.94. The fourth-order valence-corrected chi connectivity index (χ4v) is 2.28. The first kappa shape index (κ1) is 15.7. The van der Waals surface area contributed by atoms with E-state index in [0.717, 1.165) is 25.9 Å². The molecule has 1 N–H and O–H groups in total. The predicted molar refractivity (Wildman–Crippen MR) is 64.4 cm³/mol. The molecular weight excluding hydrogens is 245 g/mol. The molecule has 0 aromatic rings. The van der Waals surface area contributed by atoms with Crippen molar-refractivity contribution in [3.8, 4) is 0 Å². The molecule has 1 saturated heterocycles. The Balaban J connectivity index is 2.51. The van der Waals surface area contributed by atoms with Crippen LogP contribution in [-0.2, 0) is 4.74 Å². The van der Waals surface area contributed by atoms with Gasteiger partial charge in [-0.2, -0.15) is 0 Å². The van der Waals surface area contributed by atoms with E-state index in [0.29, 0.717) is 12.6 Å². The van der Waals surface area contributed by atoms with Gasteiger partial charge in [-0.15, -0.1) is 13.2 Å². The smallest absolute Gasteiger partial charge is 0.311 e. The highest BCUT2D eigenvalue weighted by Crippen LogP contribution is 2.24. The van der Waals surface area contributed by atoms with Gasteiger partial charge in [0.2, 0.25) is 0 Å². The number of rotatable bonds is 5. The van der Waals surface area contributed by atoms with E-state index >= 15 is 0 Å². The molecule has 108 valence electrons. The summed E-state index contributed by atoms with van der Waals surface area (Å²) in [6, 6.07) is 0.357. The molecule has 1 aliphatic rings. The average molecular weight is 268 g/mol. The van der Waals surface area contributed by atoms with Crippen LogP contribution in [0.1, 0.15) is 33.6 Å². The summed E-state index contributed by atoms with van der Waals surface area (Å²) >= 11 is 0. The van der Waals surface area contributed by atoms with Crippen molar-refractivity contribution >= 4 is 0 Å². The number of hydrogen-bond donors (Lipinski definition) is 1. The third-order valence-electron chi connectivity index (χ3n) is 3.86. The maximum absolute atomic E-state index is 12.0. The largest absolute Gasteiger partial charge is 0.522 e. The summed E-state index contributed by atoms with van der Waals surface area (Å²) in [7, 11) is 0. The lowest BCUT2D eigenvalue weighted by atomic mass is 9.91. The van der Waals surface area contributed by atoms with Crippen LogP contribution in [0.15, 0.2) is 0 Å². The van der Waals surface area contributed by atoms with Crippen LogP contribution in [-0.4, -0.2) is 49.1 Å². The zero-order chi connectivity index (χ0) is 13.8. The quantitative estimate of drug-likeness (QED) is 0.828. The molecule has 1 heterocycles. The van der Waals surface area contributed by atoms with Crippen molar-refractivity contribution in [2.24, 2.45) is 0 Å². The molecule has 2 atom stereocenters. The number of alkyl halides is 3. The molecular formula is C12H23F3N2O. The van der Waals surface area contributed by atoms with Gasteiger partial charge in [-0.05, 0) is 19.8 Å². The second kappa shape index (κ2) is 6.21. The number of hydrogen-bond acceptors (Lipinski definition) is 3. The molecule has 1 fully saturated rings. The van der Waals surface area contributed by atoms with Crippen molar-refractivity contribution in [2.45, 2.75) is 51.6 Å². The van der Waals surface area contributed by atoms with Crippen LogP contribution in [0.2, 0.25) is 0 Å². The molecule has 18 heavy (non-hydrogen) atoms. The molecule has 0 saturated carbocycles. The van der Waals surface area contributed by atoms with Gasteiger partial charge in [0.1, 0.15) is 0 Å². The standard InChI is InChI=1S/C12H23F3N2O/c1-4-10-8-17(6-7-18-12(13,14)15)11(3,5-2)9-16-10/h10,16H,4-9H2,1-3H3. The van der Waals surface area contributed by atoms with Gasteiger partial charge in [-0.25, -0.2) is 0 Å². The molecule has 0 aromatic heterocycles. The average Bonchev–Trinajstić information content (AvgIpc) is 2.30. The second-order valence-corrected chi connectivity index (χ2v) is 5.08. The number of nitrogens with zero attached hydrogens (tertiary/aromatic N) is 1. The van der Waals surface area contributed by atoms with Crippen LogP contribution in [0, 0.1) is 0 Å². The van der Waals surface area contributed by atoms with Crippen LogP contribution in [0.4, 0.5) is 13.2 Å². The maximum atomic E-state index is 12.0. The Labute approximate surface area is 107 Å². The lowest BCUT2D eigenvalue weighted by Crippen LogP contribution is -2.63. The molecule has 2 unspecified atom stereocenters. The van der Waals surface area contributed by atoms with E-state index < -0.39 is 6.36 Å². The van der Waals surface area contributed by atoms with E-state index in [1.165, 1.54) is 0 Å². The fourth-order valence-electron chi connectivity index (χ4n) is 2.28. The Kier molecular flexibility index (Phi) is 5.43. The minimum absolute atomic E-state index is 0.0827. The van der Waals surface area contributed by atoms with Gasteiger partial charge in [-0.3, -0.25) is 9.64 Å². The maximum Gasteiger partial charge on any atom is 0.522 e. The van der Waals surface area contributed by atoms with Crippen LogP contribution in [0.5, 0.6) is 0 Å². The summed E-state index contributed by atoms with van der Waals surface area (Å²) in [6.07, 6.45) is -2.64. The Morgan fingerprint density at radius 2 is 2.06 bits per heavy atom. The number of ether oxygens (including phenoxy) is 1. The van der Waals surface area contributed by atoms with Crippen LogP contribution < -0.4 is 5.32 Å². The third-order valence-corrected chi connectivity index (χ3v) is 3.86. The van der Waals surface area contributed by atoms with Crippen LogP contribution in [0.3, 0.4) is 0 Å². The summed E-state index contributed by atoms with van der Waals surface area (Å²) in [6.45, 7) is 7.84. The highest BCUT2D eigenvalue weighted by atomic mass is 19.4. The molecule has 1 rings (SSSR count). The number of piperazine rings is 1. The van der Waals surface area contributed by atoms with E-state index in [2.05, 4.69) is 35.7 Å². The molecule has 0 amide bonds. The summed E-state index contributed by atoms with van der Waals surface area (Å²) in [4.78, 5) is 2.11. The summed E-state index contributed by atoms with van der Waals surface area (Å²) in [5.41, 5.74) is -0.0827. The monoisotopic (exact) mass is 268 g/mol. The van der Waals surface area contributed by atoms with E-state index in [1.807, 2.05) is 0 Å². The minimum atomic E-state index is -4.53.